The van der Waals surface area contributed by atoms with Gasteiger partial charge >= 0.3 is 6.03 Å². The van der Waals surface area contributed by atoms with Crippen LogP contribution in [0.25, 0.3) is 0 Å². The molecule has 3 rings (SSSR count). The van der Waals surface area contributed by atoms with Crippen molar-refractivity contribution in [2.75, 3.05) is 27.2 Å². The van der Waals surface area contributed by atoms with Crippen LogP contribution < -0.4 is 10.1 Å². The van der Waals surface area contributed by atoms with Gasteiger partial charge in [0, 0.05) is 13.6 Å². The van der Waals surface area contributed by atoms with E-state index in [1.807, 2.05) is 31.2 Å². The maximum Gasteiger partial charge on any atom is 0.322 e. The van der Waals surface area contributed by atoms with Crippen molar-refractivity contribution in [2.24, 2.45) is 0 Å². The summed E-state index contributed by atoms with van der Waals surface area (Å²) in [6.45, 7) is 3.22. The molecule has 3 amide bonds. The normalized spacial score (nSPS) is 20.7. The summed E-state index contributed by atoms with van der Waals surface area (Å²) >= 11 is 0. The summed E-state index contributed by atoms with van der Waals surface area (Å²) < 4.78 is 5.26. The first kappa shape index (κ1) is 15.4. The van der Waals surface area contributed by atoms with Crippen molar-refractivity contribution in [1.82, 2.24) is 15.1 Å². The highest BCUT2D eigenvalue weighted by Crippen LogP contribution is 2.36. The quantitative estimate of drug-likeness (QED) is 0.923. The molecule has 1 N–H and O–H groups in total. The highest BCUT2D eigenvalue weighted by molar-refractivity contribution is 6.01. The Hall–Kier alpha value is -2.50. The first-order chi connectivity index (χ1) is 11.1. The third-order valence-corrected chi connectivity index (χ3v) is 4.36. The van der Waals surface area contributed by atoms with Crippen LogP contribution in [-0.4, -0.2) is 49.0 Å². The molecule has 2 heterocycles. The predicted octanol–water partition coefficient (Wildman–Crippen LogP) is 1.90. The average Bonchev–Trinajstić information content (AvgIpc) is 2.89. The number of hydrogen-bond acceptors (Lipinski definition) is 3. The molecule has 0 saturated carbocycles. The van der Waals surface area contributed by atoms with E-state index >= 15 is 0 Å². The molecular weight excluding hydrogens is 294 g/mol. The topological polar surface area (TPSA) is 61.9 Å². The Morgan fingerprint density at radius 2 is 2.13 bits per heavy atom. The molecular formula is C17H21N3O3. The van der Waals surface area contributed by atoms with Crippen molar-refractivity contribution in [2.45, 2.75) is 19.4 Å². The molecule has 2 aliphatic heterocycles. The maximum absolute atomic E-state index is 12.8. The summed E-state index contributed by atoms with van der Waals surface area (Å²) in [4.78, 5) is 28.4. The van der Waals surface area contributed by atoms with E-state index in [2.05, 4.69) is 5.32 Å². The van der Waals surface area contributed by atoms with Crippen LogP contribution in [0, 0.1) is 0 Å². The first-order valence-electron chi connectivity index (χ1n) is 7.77. The molecule has 0 spiro atoms. The van der Waals surface area contributed by atoms with E-state index in [1.54, 1.807) is 24.0 Å². The van der Waals surface area contributed by atoms with Crippen LogP contribution in [0.5, 0.6) is 5.75 Å². The molecule has 6 nitrogen and oxygen atoms in total. The van der Waals surface area contributed by atoms with Gasteiger partial charge in [-0.15, -0.1) is 0 Å². The minimum absolute atomic E-state index is 0.00141. The van der Waals surface area contributed by atoms with Gasteiger partial charge in [-0.3, -0.25) is 9.69 Å². The van der Waals surface area contributed by atoms with Crippen LogP contribution in [-0.2, 0) is 4.79 Å². The van der Waals surface area contributed by atoms with Gasteiger partial charge < -0.3 is 15.0 Å². The van der Waals surface area contributed by atoms with Crippen LogP contribution in [0.3, 0.4) is 0 Å². The van der Waals surface area contributed by atoms with Crippen LogP contribution >= 0.6 is 0 Å². The lowest BCUT2D eigenvalue weighted by molar-refractivity contribution is -0.125. The second-order valence-corrected chi connectivity index (χ2v) is 5.81. The molecule has 1 unspecified atom stereocenters. The van der Waals surface area contributed by atoms with Crippen LogP contribution in [0.2, 0.25) is 0 Å². The lowest BCUT2D eigenvalue weighted by Gasteiger charge is -2.31. The third kappa shape index (κ3) is 2.54. The van der Waals surface area contributed by atoms with Crippen LogP contribution in [0.4, 0.5) is 4.79 Å². The lowest BCUT2D eigenvalue weighted by Crippen LogP contribution is -2.45. The van der Waals surface area contributed by atoms with Gasteiger partial charge in [-0.2, -0.15) is 0 Å². The monoisotopic (exact) mass is 315 g/mol. The Morgan fingerprint density at radius 3 is 2.83 bits per heavy atom. The number of hydrogen-bond donors (Lipinski definition) is 1. The number of carbonyl (C=O) groups is 2. The van der Waals surface area contributed by atoms with E-state index < -0.39 is 6.04 Å². The summed E-state index contributed by atoms with van der Waals surface area (Å²) in [6, 6.07) is 6.84. The number of benzene rings is 1. The molecule has 122 valence electrons. The van der Waals surface area contributed by atoms with Crippen molar-refractivity contribution in [3.8, 4) is 5.75 Å². The molecule has 1 aromatic carbocycles. The summed E-state index contributed by atoms with van der Waals surface area (Å²) in [7, 11) is 3.30. The van der Waals surface area contributed by atoms with Gasteiger partial charge in [0.15, 0.2) is 0 Å². The minimum Gasteiger partial charge on any atom is -0.497 e. The highest BCUT2D eigenvalue weighted by atomic mass is 16.5. The number of likely N-dealkylation sites (N-methyl/N-ethyl adjacent to an activating group) is 1. The van der Waals surface area contributed by atoms with E-state index in [-0.39, 0.29) is 11.9 Å². The Morgan fingerprint density at radius 1 is 1.35 bits per heavy atom. The molecule has 0 aliphatic carbocycles. The zero-order valence-corrected chi connectivity index (χ0v) is 13.6. The maximum atomic E-state index is 12.8. The Balaban J connectivity index is 2.03. The molecule has 0 radical (unpaired) electrons. The molecule has 23 heavy (non-hydrogen) atoms. The molecule has 1 atom stereocenters. The van der Waals surface area contributed by atoms with Gasteiger partial charge in [0.1, 0.15) is 5.75 Å². The lowest BCUT2D eigenvalue weighted by atomic mass is 9.95. The van der Waals surface area contributed by atoms with Crippen molar-refractivity contribution in [3.05, 3.63) is 41.1 Å². The van der Waals surface area contributed by atoms with Crippen molar-refractivity contribution in [3.63, 3.8) is 0 Å². The van der Waals surface area contributed by atoms with Crippen molar-refractivity contribution >= 4 is 11.9 Å². The Labute approximate surface area is 135 Å². The molecule has 1 aromatic rings. The average molecular weight is 315 g/mol. The largest absolute Gasteiger partial charge is 0.497 e. The minimum atomic E-state index is -0.432. The molecule has 0 fully saturated rings. The summed E-state index contributed by atoms with van der Waals surface area (Å²) in [5.74, 6) is 0.704. The van der Waals surface area contributed by atoms with Gasteiger partial charge in [-0.1, -0.05) is 19.1 Å². The summed E-state index contributed by atoms with van der Waals surface area (Å²) in [6.07, 6.45) is 0.890. The second-order valence-electron chi connectivity index (χ2n) is 5.81. The van der Waals surface area contributed by atoms with Crippen LogP contribution in [0.15, 0.2) is 35.5 Å². The van der Waals surface area contributed by atoms with Crippen LogP contribution in [0.1, 0.15) is 24.9 Å². The smallest absolute Gasteiger partial charge is 0.322 e. The SMILES string of the molecule is CCCN1CC2=C(C1=O)C(c1cccc(OC)c1)NC(=O)N2C. The van der Waals surface area contributed by atoms with Gasteiger partial charge in [0.05, 0.1) is 31.0 Å². The predicted molar refractivity (Wildman–Crippen MR) is 85.9 cm³/mol. The van der Waals surface area contributed by atoms with Gasteiger partial charge in [0.2, 0.25) is 0 Å². The fourth-order valence-corrected chi connectivity index (χ4v) is 3.15. The van der Waals surface area contributed by atoms with Gasteiger partial charge in [0.25, 0.3) is 5.91 Å². The molecule has 0 aromatic heterocycles. The van der Waals surface area contributed by atoms with Gasteiger partial charge in [-0.05, 0) is 24.1 Å². The zero-order valence-electron chi connectivity index (χ0n) is 13.6. The van der Waals surface area contributed by atoms with E-state index in [9.17, 15) is 9.59 Å². The fourth-order valence-electron chi connectivity index (χ4n) is 3.15. The number of urea groups is 1. The molecule has 6 heteroatoms. The second kappa shape index (κ2) is 5.95. The van der Waals surface area contributed by atoms with Crippen molar-refractivity contribution < 1.29 is 14.3 Å². The first-order valence-corrected chi connectivity index (χ1v) is 7.77. The number of ether oxygens (including phenoxy) is 1. The summed E-state index contributed by atoms with van der Waals surface area (Å²) in [5.41, 5.74) is 2.30. The fraction of sp³-hybridized carbons (Fsp3) is 0.412. The highest BCUT2D eigenvalue weighted by Gasteiger charge is 2.42. The van der Waals surface area contributed by atoms with E-state index in [0.717, 1.165) is 17.7 Å². The zero-order chi connectivity index (χ0) is 16.6. The van der Waals surface area contributed by atoms with Crippen molar-refractivity contribution in [1.29, 1.82) is 0 Å². The standard InChI is InChI=1S/C17H21N3O3/c1-4-8-20-10-13-14(16(20)21)15(18-17(22)19(13)2)11-6-5-7-12(9-11)23-3/h5-7,9,15H,4,8,10H2,1-3H3,(H,18,22). The molecule has 2 aliphatic rings. The Kier molecular flexibility index (Phi) is 3.98. The molecule has 0 saturated heterocycles. The van der Waals surface area contributed by atoms with E-state index in [0.29, 0.717) is 24.4 Å². The number of methoxy groups -OCH3 is 1. The third-order valence-electron chi connectivity index (χ3n) is 4.36. The number of amides is 3. The van der Waals surface area contributed by atoms with Gasteiger partial charge in [-0.25, -0.2) is 4.79 Å². The van der Waals surface area contributed by atoms with E-state index in [1.165, 1.54) is 0 Å². The summed E-state index contributed by atoms with van der Waals surface area (Å²) in [5, 5.41) is 2.92. The molecule has 0 bridgehead atoms. The number of carbonyl (C=O) groups excluding carboxylic acids is 2. The number of rotatable bonds is 4. The number of nitrogens with zero attached hydrogens (tertiary/aromatic N) is 2. The Bertz CT molecular complexity index is 683. The van der Waals surface area contributed by atoms with E-state index in [4.69, 9.17) is 4.74 Å². The number of nitrogens with one attached hydrogen (secondary N) is 1.